The van der Waals surface area contributed by atoms with Gasteiger partial charge in [-0.05, 0) is 51.6 Å². The molecule has 1 aromatic carbocycles. The number of benzene rings is 1. The van der Waals surface area contributed by atoms with Gasteiger partial charge in [0.1, 0.15) is 5.75 Å². The van der Waals surface area contributed by atoms with Crippen LogP contribution in [0.15, 0.2) is 24.3 Å². The zero-order chi connectivity index (χ0) is 15.0. The Hall–Kier alpha value is -1.20. The van der Waals surface area contributed by atoms with Crippen LogP contribution in [0.3, 0.4) is 0 Å². The highest BCUT2D eigenvalue weighted by molar-refractivity contribution is 5.27. The van der Waals surface area contributed by atoms with Gasteiger partial charge in [0.25, 0.3) is 0 Å². The maximum atomic E-state index is 12.0. The highest BCUT2D eigenvalue weighted by Crippen LogP contribution is 2.16. The van der Waals surface area contributed by atoms with Gasteiger partial charge in [-0.3, -0.25) is 0 Å². The first kappa shape index (κ1) is 16.9. The Balaban J connectivity index is 2.27. The number of rotatable bonds is 9. The molecule has 0 heterocycles. The van der Waals surface area contributed by atoms with E-state index in [1.807, 2.05) is 12.1 Å². The largest absolute Gasteiger partial charge is 0.435 e. The number of nitrogens with one attached hydrogen (secondary N) is 1. The summed E-state index contributed by atoms with van der Waals surface area (Å²) in [5.41, 5.74) is 1.13. The van der Waals surface area contributed by atoms with E-state index in [1.54, 1.807) is 12.1 Å². The molecule has 0 bridgehead atoms. The van der Waals surface area contributed by atoms with E-state index in [2.05, 4.69) is 36.0 Å². The molecule has 1 N–H and O–H groups in total. The molecular weight excluding hydrogens is 262 g/mol. The van der Waals surface area contributed by atoms with Crippen LogP contribution in [-0.2, 0) is 6.42 Å². The van der Waals surface area contributed by atoms with Gasteiger partial charge in [0.05, 0.1) is 0 Å². The fourth-order valence-electron chi connectivity index (χ4n) is 1.86. The van der Waals surface area contributed by atoms with Crippen LogP contribution >= 0.6 is 0 Å². The van der Waals surface area contributed by atoms with Crippen LogP contribution in [0.5, 0.6) is 5.75 Å². The molecule has 1 rings (SSSR count). The zero-order valence-electron chi connectivity index (χ0n) is 12.4. The third-order valence-electron chi connectivity index (χ3n) is 3.07. The van der Waals surface area contributed by atoms with Crippen LogP contribution < -0.4 is 10.1 Å². The van der Waals surface area contributed by atoms with Crippen molar-refractivity contribution in [2.45, 2.75) is 32.4 Å². The Kier molecular flexibility index (Phi) is 7.47. The van der Waals surface area contributed by atoms with Crippen molar-refractivity contribution in [3.05, 3.63) is 29.8 Å². The second-order valence-electron chi connectivity index (χ2n) is 5.22. The number of aryl methyl sites for hydroxylation is 1. The van der Waals surface area contributed by atoms with Crippen molar-refractivity contribution in [2.24, 2.45) is 0 Å². The smallest absolute Gasteiger partial charge is 0.387 e. The van der Waals surface area contributed by atoms with Gasteiger partial charge in [-0.1, -0.05) is 12.1 Å². The molecule has 1 unspecified atom stereocenters. The third kappa shape index (κ3) is 7.40. The molecule has 0 aliphatic heterocycles. The lowest BCUT2D eigenvalue weighted by molar-refractivity contribution is -0.0498. The second kappa shape index (κ2) is 8.87. The van der Waals surface area contributed by atoms with Crippen LogP contribution in [-0.4, -0.2) is 44.7 Å². The molecule has 5 heteroatoms. The molecular formula is C15H24F2N2O. The predicted octanol–water partition coefficient (Wildman–Crippen LogP) is 2.76. The van der Waals surface area contributed by atoms with E-state index in [1.165, 1.54) is 0 Å². The van der Waals surface area contributed by atoms with Gasteiger partial charge in [0, 0.05) is 19.1 Å². The van der Waals surface area contributed by atoms with Gasteiger partial charge >= 0.3 is 6.61 Å². The summed E-state index contributed by atoms with van der Waals surface area (Å²) in [6.07, 6.45) is 1.94. The molecule has 0 amide bonds. The van der Waals surface area contributed by atoms with Crippen LogP contribution in [0.4, 0.5) is 8.78 Å². The van der Waals surface area contributed by atoms with Gasteiger partial charge in [0.15, 0.2) is 0 Å². The predicted molar refractivity (Wildman–Crippen MR) is 77.4 cm³/mol. The molecule has 3 nitrogen and oxygen atoms in total. The summed E-state index contributed by atoms with van der Waals surface area (Å²) in [7, 11) is 4.10. The second-order valence-corrected chi connectivity index (χ2v) is 5.22. The van der Waals surface area contributed by atoms with Crippen LogP contribution in [0.2, 0.25) is 0 Å². The summed E-state index contributed by atoms with van der Waals surface area (Å²) in [6, 6.07) is 7.29. The zero-order valence-corrected chi connectivity index (χ0v) is 12.4. The van der Waals surface area contributed by atoms with Crippen molar-refractivity contribution >= 4 is 0 Å². The Morgan fingerprint density at radius 3 is 2.40 bits per heavy atom. The number of alkyl halides is 2. The first-order valence-electron chi connectivity index (χ1n) is 6.89. The molecule has 20 heavy (non-hydrogen) atoms. The van der Waals surface area contributed by atoms with Crippen molar-refractivity contribution < 1.29 is 13.5 Å². The van der Waals surface area contributed by atoms with Gasteiger partial charge in [-0.2, -0.15) is 8.78 Å². The Bertz CT molecular complexity index is 369. The van der Waals surface area contributed by atoms with E-state index in [4.69, 9.17) is 0 Å². The molecule has 0 fully saturated rings. The van der Waals surface area contributed by atoms with Gasteiger partial charge in [-0.15, -0.1) is 0 Å². The maximum absolute atomic E-state index is 12.0. The van der Waals surface area contributed by atoms with E-state index in [0.29, 0.717) is 6.04 Å². The van der Waals surface area contributed by atoms with Gasteiger partial charge < -0.3 is 15.0 Å². The first-order valence-corrected chi connectivity index (χ1v) is 6.89. The Labute approximate surface area is 119 Å². The summed E-state index contributed by atoms with van der Waals surface area (Å²) < 4.78 is 28.4. The topological polar surface area (TPSA) is 24.5 Å². The monoisotopic (exact) mass is 286 g/mol. The number of hydrogen-bond acceptors (Lipinski definition) is 3. The van der Waals surface area contributed by atoms with Crippen LogP contribution in [0.25, 0.3) is 0 Å². The number of hydrogen-bond donors (Lipinski definition) is 1. The van der Waals surface area contributed by atoms with Crippen LogP contribution in [0.1, 0.15) is 18.9 Å². The van der Waals surface area contributed by atoms with E-state index in [-0.39, 0.29) is 5.75 Å². The normalized spacial score (nSPS) is 12.9. The fourth-order valence-corrected chi connectivity index (χ4v) is 1.86. The average Bonchev–Trinajstić information content (AvgIpc) is 2.37. The van der Waals surface area contributed by atoms with Gasteiger partial charge in [-0.25, -0.2) is 0 Å². The van der Waals surface area contributed by atoms with E-state index < -0.39 is 6.61 Å². The summed E-state index contributed by atoms with van der Waals surface area (Å²) in [6.45, 7) is 1.38. The molecule has 0 radical (unpaired) electrons. The maximum Gasteiger partial charge on any atom is 0.387 e. The molecule has 0 spiro atoms. The molecule has 114 valence electrons. The lowest BCUT2D eigenvalue weighted by atomic mass is 10.1. The van der Waals surface area contributed by atoms with Crippen molar-refractivity contribution in [3.8, 4) is 5.75 Å². The fraction of sp³-hybridized carbons (Fsp3) is 0.600. The Morgan fingerprint density at radius 2 is 1.85 bits per heavy atom. The lowest BCUT2D eigenvalue weighted by Crippen LogP contribution is -2.33. The van der Waals surface area contributed by atoms with E-state index in [9.17, 15) is 8.78 Å². The number of likely N-dealkylation sites (N-methyl/N-ethyl adjacent to an activating group) is 1. The number of nitrogens with zero attached hydrogens (tertiary/aromatic N) is 1. The highest BCUT2D eigenvalue weighted by Gasteiger charge is 2.05. The number of ether oxygens (including phenoxy) is 1. The quantitative estimate of drug-likeness (QED) is 0.755. The molecule has 0 saturated carbocycles. The lowest BCUT2D eigenvalue weighted by Gasteiger charge is -2.16. The molecule has 1 atom stereocenters. The molecule has 0 aliphatic carbocycles. The van der Waals surface area contributed by atoms with Crippen molar-refractivity contribution in [1.82, 2.24) is 10.2 Å². The van der Waals surface area contributed by atoms with E-state index in [0.717, 1.165) is 31.5 Å². The summed E-state index contributed by atoms with van der Waals surface area (Å²) >= 11 is 0. The van der Waals surface area contributed by atoms with Crippen molar-refractivity contribution in [2.75, 3.05) is 27.2 Å². The minimum absolute atomic E-state index is 0.209. The Morgan fingerprint density at radius 1 is 1.20 bits per heavy atom. The molecule has 0 aromatic heterocycles. The summed E-state index contributed by atoms with van der Waals surface area (Å²) in [5.74, 6) is 0.209. The highest BCUT2D eigenvalue weighted by atomic mass is 19.3. The van der Waals surface area contributed by atoms with Crippen molar-refractivity contribution in [1.29, 1.82) is 0 Å². The molecule has 0 aliphatic rings. The number of halogens is 2. The first-order chi connectivity index (χ1) is 9.47. The SMILES string of the molecule is CC(CCc1ccc(OC(F)F)cc1)NCCN(C)C. The van der Waals surface area contributed by atoms with E-state index >= 15 is 0 Å². The molecule has 0 saturated heterocycles. The minimum Gasteiger partial charge on any atom is -0.435 e. The van der Waals surface area contributed by atoms with Crippen molar-refractivity contribution in [3.63, 3.8) is 0 Å². The summed E-state index contributed by atoms with van der Waals surface area (Å²) in [4.78, 5) is 2.14. The van der Waals surface area contributed by atoms with Gasteiger partial charge in [0.2, 0.25) is 0 Å². The minimum atomic E-state index is -2.76. The average molecular weight is 286 g/mol. The van der Waals surface area contributed by atoms with Crippen LogP contribution in [0, 0.1) is 0 Å². The molecule has 1 aromatic rings. The standard InChI is InChI=1S/C15H24F2N2O/c1-12(18-10-11-19(2)3)4-5-13-6-8-14(9-7-13)20-15(16)17/h6-9,12,15,18H,4-5,10-11H2,1-3H3. The third-order valence-corrected chi connectivity index (χ3v) is 3.07. The summed E-state index contributed by atoms with van der Waals surface area (Å²) in [5, 5.41) is 3.46.